The van der Waals surface area contributed by atoms with Crippen molar-refractivity contribution in [2.45, 2.75) is 37.1 Å². The lowest BCUT2D eigenvalue weighted by Gasteiger charge is -2.18. The number of aliphatic hydroxyl groups excluding tert-OH is 1. The van der Waals surface area contributed by atoms with Gasteiger partial charge in [0.15, 0.2) is 0 Å². The van der Waals surface area contributed by atoms with Gasteiger partial charge in [-0.3, -0.25) is 0 Å². The van der Waals surface area contributed by atoms with Crippen molar-refractivity contribution in [1.29, 1.82) is 0 Å². The first-order valence-electron chi connectivity index (χ1n) is 4.84. The topological polar surface area (TPSA) is 79.3 Å². The molecule has 0 spiro atoms. The molecule has 0 fully saturated rings. The molecular weight excluding hydrogens is 248 g/mol. The van der Waals surface area contributed by atoms with Gasteiger partial charge in [0.25, 0.3) is 10.0 Å². The largest absolute Gasteiger partial charge is 0.396 e. The van der Waals surface area contributed by atoms with Crippen molar-refractivity contribution in [2.24, 2.45) is 0 Å². The normalized spacial score (nSPS) is 13.0. The zero-order chi connectivity index (χ0) is 12.4. The van der Waals surface area contributed by atoms with Crippen molar-refractivity contribution < 1.29 is 13.5 Å². The van der Waals surface area contributed by atoms with Crippen molar-refractivity contribution in [3.8, 4) is 0 Å². The number of nitrogens with one attached hydrogen (secondary N) is 1. The Bertz CT molecular complexity index is 446. The molecule has 0 aliphatic rings. The summed E-state index contributed by atoms with van der Waals surface area (Å²) in [5.41, 5.74) is 0.0727. The van der Waals surface area contributed by atoms with Crippen LogP contribution in [0.15, 0.2) is 9.72 Å². The van der Waals surface area contributed by atoms with E-state index in [1.54, 1.807) is 26.2 Å². The van der Waals surface area contributed by atoms with Gasteiger partial charge in [-0.1, -0.05) is 0 Å². The molecular formula is C9H16N2O3S2. The number of hydrogen-bond donors (Lipinski definition) is 2. The lowest BCUT2D eigenvalue weighted by molar-refractivity contribution is 0.298. The molecule has 0 saturated heterocycles. The molecule has 1 aromatic rings. The molecule has 1 rings (SSSR count). The third-order valence-corrected chi connectivity index (χ3v) is 4.63. The highest BCUT2D eigenvalue weighted by Crippen LogP contribution is 2.17. The Morgan fingerprint density at radius 2 is 2.12 bits per heavy atom. The van der Waals surface area contributed by atoms with Gasteiger partial charge in [-0.05, 0) is 20.8 Å². The molecule has 0 aromatic carbocycles. The van der Waals surface area contributed by atoms with Gasteiger partial charge in [-0.15, -0.1) is 11.3 Å². The predicted octanol–water partition coefficient (Wildman–Crippen LogP) is 0.755. The van der Waals surface area contributed by atoms with Gasteiger partial charge >= 0.3 is 0 Å². The van der Waals surface area contributed by atoms with Gasteiger partial charge in [-0.25, -0.2) is 18.1 Å². The smallest absolute Gasteiger partial charge is 0.268 e. The van der Waals surface area contributed by atoms with E-state index < -0.39 is 15.6 Å². The first-order valence-corrected chi connectivity index (χ1v) is 7.20. The van der Waals surface area contributed by atoms with Gasteiger partial charge < -0.3 is 5.11 Å². The summed E-state index contributed by atoms with van der Waals surface area (Å²) < 4.78 is 26.3. The average molecular weight is 264 g/mol. The maximum Gasteiger partial charge on any atom is 0.268 e. The maximum atomic E-state index is 11.8. The standard InChI is InChI=1S/C9H16N2O3S2/c1-9(2,3)11-16(13,14)8-10-7(4-5-12)6-15-8/h6,11-12H,4-5H2,1-3H3. The molecule has 0 atom stereocenters. The SMILES string of the molecule is CC(C)(C)NS(=O)(=O)c1nc(CCO)cs1. The van der Waals surface area contributed by atoms with Crippen molar-refractivity contribution in [3.05, 3.63) is 11.1 Å². The lowest BCUT2D eigenvalue weighted by atomic mass is 10.1. The van der Waals surface area contributed by atoms with Crippen molar-refractivity contribution in [1.82, 2.24) is 9.71 Å². The Balaban J connectivity index is 2.90. The monoisotopic (exact) mass is 264 g/mol. The van der Waals surface area contributed by atoms with Crippen LogP contribution in [-0.2, 0) is 16.4 Å². The minimum atomic E-state index is -3.54. The molecule has 1 heterocycles. The second-order valence-electron chi connectivity index (χ2n) is 4.43. The molecule has 0 unspecified atom stereocenters. The molecule has 92 valence electrons. The number of aliphatic hydroxyl groups is 1. The van der Waals surface area contributed by atoms with Crippen LogP contribution in [0.2, 0.25) is 0 Å². The van der Waals surface area contributed by atoms with Crippen LogP contribution in [0.4, 0.5) is 0 Å². The highest BCUT2D eigenvalue weighted by Gasteiger charge is 2.24. The van der Waals surface area contributed by atoms with Crippen molar-refractivity contribution >= 4 is 21.4 Å². The van der Waals surface area contributed by atoms with Crippen molar-refractivity contribution in [3.63, 3.8) is 0 Å². The van der Waals surface area contributed by atoms with Gasteiger partial charge in [0.2, 0.25) is 4.34 Å². The zero-order valence-corrected chi connectivity index (χ0v) is 11.2. The van der Waals surface area contributed by atoms with Gasteiger partial charge in [0, 0.05) is 23.9 Å². The first-order chi connectivity index (χ1) is 7.24. The summed E-state index contributed by atoms with van der Waals surface area (Å²) in [5.74, 6) is 0. The fourth-order valence-corrected chi connectivity index (χ4v) is 3.57. The minimum absolute atomic E-state index is 0.0318. The summed E-state index contributed by atoms with van der Waals surface area (Å²) in [6, 6.07) is 0. The number of aromatic nitrogens is 1. The highest BCUT2D eigenvalue weighted by molar-refractivity contribution is 7.91. The lowest BCUT2D eigenvalue weighted by Crippen LogP contribution is -2.40. The number of sulfonamides is 1. The Kier molecular flexibility index (Phi) is 4.06. The summed E-state index contributed by atoms with van der Waals surface area (Å²) in [6.07, 6.45) is 0.377. The van der Waals surface area contributed by atoms with E-state index in [1.807, 2.05) is 0 Å². The van der Waals surface area contributed by atoms with Gasteiger partial charge in [0.05, 0.1) is 5.69 Å². The molecule has 5 nitrogen and oxygen atoms in total. The minimum Gasteiger partial charge on any atom is -0.396 e. The average Bonchev–Trinajstić information content (AvgIpc) is 2.49. The van der Waals surface area contributed by atoms with Crippen LogP contribution in [-0.4, -0.2) is 30.7 Å². The van der Waals surface area contributed by atoms with Crippen LogP contribution in [0.5, 0.6) is 0 Å². The fraction of sp³-hybridized carbons (Fsp3) is 0.667. The van der Waals surface area contributed by atoms with Crippen LogP contribution in [0.1, 0.15) is 26.5 Å². The molecule has 0 saturated carbocycles. The van der Waals surface area contributed by atoms with Crippen LogP contribution in [0, 0.1) is 0 Å². The quantitative estimate of drug-likeness (QED) is 0.841. The predicted molar refractivity (Wildman–Crippen MR) is 63.0 cm³/mol. The van der Waals surface area contributed by atoms with E-state index >= 15 is 0 Å². The van der Waals surface area contributed by atoms with E-state index in [9.17, 15) is 8.42 Å². The molecule has 16 heavy (non-hydrogen) atoms. The van der Waals surface area contributed by atoms with Gasteiger partial charge in [0.1, 0.15) is 0 Å². The van der Waals surface area contributed by atoms with Crippen LogP contribution in [0.3, 0.4) is 0 Å². The van der Waals surface area contributed by atoms with Crippen LogP contribution in [0.25, 0.3) is 0 Å². The molecule has 0 amide bonds. The number of rotatable bonds is 4. The van der Waals surface area contributed by atoms with E-state index in [-0.39, 0.29) is 10.9 Å². The Labute approximate surface area is 99.6 Å². The molecule has 7 heteroatoms. The number of thiazole rings is 1. The van der Waals surface area contributed by atoms with E-state index in [0.29, 0.717) is 12.1 Å². The summed E-state index contributed by atoms with van der Waals surface area (Å²) in [4.78, 5) is 3.96. The fourth-order valence-electron chi connectivity index (χ4n) is 1.09. The summed E-state index contributed by atoms with van der Waals surface area (Å²) in [6.45, 7) is 5.28. The number of nitrogens with zero attached hydrogens (tertiary/aromatic N) is 1. The highest BCUT2D eigenvalue weighted by atomic mass is 32.2. The first kappa shape index (κ1) is 13.6. The van der Waals surface area contributed by atoms with Crippen molar-refractivity contribution in [2.75, 3.05) is 6.61 Å². The Morgan fingerprint density at radius 3 is 2.62 bits per heavy atom. The second-order valence-corrected chi connectivity index (χ2v) is 7.15. The summed E-state index contributed by atoms with van der Waals surface area (Å²) >= 11 is 1.06. The second kappa shape index (κ2) is 4.79. The zero-order valence-electron chi connectivity index (χ0n) is 9.52. The summed E-state index contributed by atoms with van der Waals surface area (Å²) in [7, 11) is -3.54. The van der Waals surface area contributed by atoms with E-state index in [0.717, 1.165) is 11.3 Å². The van der Waals surface area contributed by atoms with Crippen LogP contribution < -0.4 is 4.72 Å². The summed E-state index contributed by atoms with van der Waals surface area (Å²) in [5, 5.41) is 10.4. The van der Waals surface area contributed by atoms with E-state index in [1.165, 1.54) is 0 Å². The molecule has 0 aliphatic heterocycles. The molecule has 0 aliphatic carbocycles. The maximum absolute atomic E-state index is 11.8. The Hall–Kier alpha value is -0.500. The van der Waals surface area contributed by atoms with Gasteiger partial charge in [-0.2, -0.15) is 0 Å². The Morgan fingerprint density at radius 1 is 1.50 bits per heavy atom. The van der Waals surface area contributed by atoms with Crippen LogP contribution >= 0.6 is 11.3 Å². The number of hydrogen-bond acceptors (Lipinski definition) is 5. The third kappa shape index (κ3) is 3.82. The molecule has 1 aromatic heterocycles. The molecule has 0 bridgehead atoms. The molecule has 0 radical (unpaired) electrons. The van der Waals surface area contributed by atoms with E-state index in [2.05, 4.69) is 9.71 Å². The van der Waals surface area contributed by atoms with E-state index in [4.69, 9.17) is 5.11 Å². The molecule has 2 N–H and O–H groups in total. The third-order valence-electron chi connectivity index (χ3n) is 1.57.